The number of rotatable bonds is 6. The number of carbonyl (C=O) groups excluding carboxylic acids is 1. The van der Waals surface area contributed by atoms with Crippen LogP contribution < -0.4 is 10.6 Å². The second kappa shape index (κ2) is 7.87. The van der Waals surface area contributed by atoms with Gasteiger partial charge in [0, 0.05) is 31.9 Å². The van der Waals surface area contributed by atoms with Gasteiger partial charge in [0.2, 0.25) is 0 Å². The Morgan fingerprint density at radius 2 is 2.12 bits per heavy atom. The van der Waals surface area contributed by atoms with E-state index in [-0.39, 0.29) is 18.5 Å². The van der Waals surface area contributed by atoms with Gasteiger partial charge in [-0.25, -0.2) is 9.78 Å². The molecule has 0 unspecified atom stereocenters. The lowest BCUT2D eigenvalue weighted by molar-refractivity contribution is -0.0130. The van der Waals surface area contributed by atoms with Crippen LogP contribution in [0, 0.1) is 5.92 Å². The highest BCUT2D eigenvalue weighted by Crippen LogP contribution is 2.32. The molecule has 0 bridgehead atoms. The molecule has 0 aliphatic heterocycles. The number of hydrogen-bond donors (Lipinski definition) is 3. The summed E-state index contributed by atoms with van der Waals surface area (Å²) >= 11 is 0. The molecule has 136 valence electrons. The van der Waals surface area contributed by atoms with Crippen molar-refractivity contribution >= 4 is 11.7 Å². The lowest BCUT2D eigenvalue weighted by Gasteiger charge is -2.35. The van der Waals surface area contributed by atoms with Crippen LogP contribution in [0.5, 0.6) is 0 Å². The Morgan fingerprint density at radius 1 is 1.32 bits per heavy atom. The minimum absolute atomic E-state index is 0.236. The Hall–Kier alpha value is -2.08. The minimum atomic E-state index is -0.834. The smallest absolute Gasteiger partial charge is 0.314 e. The van der Waals surface area contributed by atoms with E-state index in [1.807, 2.05) is 41.9 Å². The van der Waals surface area contributed by atoms with Gasteiger partial charge >= 0.3 is 6.03 Å². The summed E-state index contributed by atoms with van der Waals surface area (Å²) in [7, 11) is 0. The second-order valence-electron chi connectivity index (χ2n) is 7.25. The number of carbonyl (C=O) groups is 1. The van der Waals surface area contributed by atoms with Crippen LogP contribution in [0.1, 0.15) is 44.7 Å². The molecule has 1 saturated carbocycles. The van der Waals surface area contributed by atoms with Crippen molar-refractivity contribution in [3.05, 3.63) is 36.3 Å². The number of aliphatic hydroxyl groups is 1. The monoisotopic (exact) mass is 344 g/mol. The van der Waals surface area contributed by atoms with Crippen LogP contribution in [0.15, 0.2) is 30.6 Å². The van der Waals surface area contributed by atoms with E-state index in [0.717, 1.165) is 24.2 Å². The Bertz CT molecular complexity index is 671. The highest BCUT2D eigenvalue weighted by Gasteiger charge is 2.32. The Labute approximate surface area is 148 Å². The van der Waals surface area contributed by atoms with Crippen LogP contribution in [0.4, 0.5) is 4.79 Å². The zero-order valence-electron chi connectivity index (χ0n) is 14.9. The van der Waals surface area contributed by atoms with Crippen LogP contribution in [-0.2, 0) is 6.42 Å². The van der Waals surface area contributed by atoms with Gasteiger partial charge in [0.05, 0.1) is 11.3 Å². The highest BCUT2D eigenvalue weighted by atomic mass is 16.3. The van der Waals surface area contributed by atoms with Crippen molar-refractivity contribution < 1.29 is 9.90 Å². The molecular weight excluding hydrogens is 316 g/mol. The second-order valence-corrected chi connectivity index (χ2v) is 7.25. The summed E-state index contributed by atoms with van der Waals surface area (Å²) in [6.07, 6.45) is 10.3. The van der Waals surface area contributed by atoms with Gasteiger partial charge in [-0.1, -0.05) is 25.3 Å². The first-order chi connectivity index (χ1) is 12.0. The predicted molar refractivity (Wildman–Crippen MR) is 97.5 cm³/mol. The third kappa shape index (κ3) is 4.72. The molecule has 3 rings (SSSR count). The van der Waals surface area contributed by atoms with Crippen LogP contribution in [0.3, 0.4) is 0 Å². The zero-order valence-corrected chi connectivity index (χ0v) is 14.9. The summed E-state index contributed by atoms with van der Waals surface area (Å²) in [5.74, 6) is 0.277. The number of nitrogens with zero attached hydrogens (tertiary/aromatic N) is 2. The first kappa shape index (κ1) is 17.7. The molecule has 1 aliphatic rings. The van der Waals surface area contributed by atoms with Crippen LogP contribution in [0.2, 0.25) is 0 Å². The molecule has 0 saturated heterocycles. The van der Waals surface area contributed by atoms with E-state index in [1.54, 1.807) is 0 Å². The summed E-state index contributed by atoms with van der Waals surface area (Å²) < 4.78 is 1.97. The zero-order chi connectivity index (χ0) is 17.7. The molecule has 25 heavy (non-hydrogen) atoms. The minimum Gasteiger partial charge on any atom is -0.388 e. The van der Waals surface area contributed by atoms with Gasteiger partial charge in [-0.3, -0.25) is 0 Å². The quantitative estimate of drug-likeness (QED) is 0.753. The number of fused-ring (bicyclic) bond motifs is 1. The van der Waals surface area contributed by atoms with E-state index >= 15 is 0 Å². The molecule has 6 nitrogen and oxygen atoms in total. The fourth-order valence-corrected chi connectivity index (χ4v) is 3.60. The van der Waals surface area contributed by atoms with Crippen molar-refractivity contribution in [2.75, 3.05) is 13.1 Å². The molecular formula is C19H28N4O2. The first-order valence-electron chi connectivity index (χ1n) is 9.21. The van der Waals surface area contributed by atoms with Crippen molar-refractivity contribution in [1.82, 2.24) is 20.0 Å². The van der Waals surface area contributed by atoms with Gasteiger partial charge in [0.15, 0.2) is 0 Å². The largest absolute Gasteiger partial charge is 0.388 e. The molecule has 6 heteroatoms. The Balaban J connectivity index is 1.40. The van der Waals surface area contributed by atoms with Gasteiger partial charge in [-0.2, -0.15) is 0 Å². The Morgan fingerprint density at radius 3 is 2.88 bits per heavy atom. The summed E-state index contributed by atoms with van der Waals surface area (Å²) in [4.78, 5) is 16.5. The van der Waals surface area contributed by atoms with E-state index in [9.17, 15) is 9.90 Å². The molecule has 2 heterocycles. The normalized spacial score (nSPS) is 18.0. The third-order valence-electron chi connectivity index (χ3n) is 5.17. The molecule has 2 aromatic heterocycles. The van der Waals surface area contributed by atoms with Gasteiger partial charge in [0.25, 0.3) is 0 Å². The van der Waals surface area contributed by atoms with Gasteiger partial charge in [-0.05, 0) is 37.8 Å². The maximum Gasteiger partial charge on any atom is 0.314 e. The lowest BCUT2D eigenvalue weighted by atomic mass is 9.78. The molecule has 2 amide bonds. The van der Waals surface area contributed by atoms with Gasteiger partial charge in [0.1, 0.15) is 5.65 Å². The highest BCUT2D eigenvalue weighted by molar-refractivity contribution is 5.73. The number of aromatic nitrogens is 2. The first-order valence-corrected chi connectivity index (χ1v) is 9.21. The van der Waals surface area contributed by atoms with Crippen molar-refractivity contribution in [2.45, 2.75) is 51.0 Å². The molecule has 1 fully saturated rings. The van der Waals surface area contributed by atoms with Crippen LogP contribution in [0.25, 0.3) is 5.65 Å². The fraction of sp³-hybridized carbons (Fsp3) is 0.579. The van der Waals surface area contributed by atoms with E-state index in [1.165, 1.54) is 19.3 Å². The number of urea groups is 1. The van der Waals surface area contributed by atoms with E-state index in [0.29, 0.717) is 13.0 Å². The lowest BCUT2D eigenvalue weighted by Crippen LogP contribution is -2.49. The molecule has 1 aliphatic carbocycles. The van der Waals surface area contributed by atoms with E-state index in [2.05, 4.69) is 15.6 Å². The van der Waals surface area contributed by atoms with Gasteiger partial charge in [-0.15, -0.1) is 0 Å². The molecule has 0 spiro atoms. The van der Waals surface area contributed by atoms with Crippen molar-refractivity contribution in [1.29, 1.82) is 0 Å². The SMILES string of the molecule is C[C@@](O)(CNC(=O)NCCc1cn2ccccc2n1)C1CCCCC1. The third-order valence-corrected chi connectivity index (χ3v) is 5.17. The van der Waals surface area contributed by atoms with Crippen LogP contribution >= 0.6 is 0 Å². The molecule has 2 aromatic rings. The average Bonchev–Trinajstić information content (AvgIpc) is 3.03. The molecule has 0 radical (unpaired) electrons. The number of nitrogens with one attached hydrogen (secondary N) is 2. The standard InChI is InChI=1S/C19H28N4O2/c1-19(25,15-7-3-2-4-8-15)14-21-18(24)20-11-10-16-13-23-12-6-5-9-17(23)22-16/h5-6,9,12-13,15,25H,2-4,7-8,10-11,14H2,1H3,(H2,20,21,24)/t19-/m1/s1. The maximum absolute atomic E-state index is 12.0. The fourth-order valence-electron chi connectivity index (χ4n) is 3.60. The predicted octanol–water partition coefficient (Wildman–Crippen LogP) is 2.51. The average molecular weight is 344 g/mol. The molecule has 0 aromatic carbocycles. The molecule has 3 N–H and O–H groups in total. The number of pyridine rings is 1. The van der Waals surface area contributed by atoms with E-state index < -0.39 is 5.60 Å². The topological polar surface area (TPSA) is 78.7 Å². The molecule has 1 atom stereocenters. The number of hydrogen-bond acceptors (Lipinski definition) is 3. The number of imidazole rings is 1. The Kier molecular flexibility index (Phi) is 5.58. The van der Waals surface area contributed by atoms with Crippen molar-refractivity contribution in [2.24, 2.45) is 5.92 Å². The summed E-state index contributed by atoms with van der Waals surface area (Å²) in [5, 5.41) is 16.3. The summed E-state index contributed by atoms with van der Waals surface area (Å²) in [6.45, 7) is 2.64. The van der Waals surface area contributed by atoms with Crippen molar-refractivity contribution in [3.8, 4) is 0 Å². The summed E-state index contributed by atoms with van der Waals surface area (Å²) in [5.41, 5.74) is 1.02. The maximum atomic E-state index is 12.0. The van der Waals surface area contributed by atoms with Crippen molar-refractivity contribution in [3.63, 3.8) is 0 Å². The van der Waals surface area contributed by atoms with E-state index in [4.69, 9.17) is 0 Å². The summed E-state index contributed by atoms with van der Waals surface area (Å²) in [6, 6.07) is 5.63. The number of amides is 2. The van der Waals surface area contributed by atoms with Crippen LogP contribution in [-0.4, -0.2) is 39.2 Å². The van der Waals surface area contributed by atoms with Gasteiger partial charge < -0.3 is 20.1 Å².